The van der Waals surface area contributed by atoms with Crippen LogP contribution in [0.25, 0.3) is 11.3 Å². The third-order valence-corrected chi connectivity index (χ3v) is 3.99. The predicted molar refractivity (Wildman–Crippen MR) is 68.8 cm³/mol. The van der Waals surface area contributed by atoms with E-state index >= 15 is 0 Å². The molecule has 0 aliphatic heterocycles. The highest BCUT2D eigenvalue weighted by Gasteiger charge is 2.26. The molecule has 84 valence electrons. The lowest BCUT2D eigenvalue weighted by Gasteiger charge is -1.98. The van der Waals surface area contributed by atoms with Crippen LogP contribution in [0.5, 0.6) is 0 Å². The molecule has 1 aliphatic rings. The Labute approximate surface area is 105 Å². The van der Waals surface area contributed by atoms with Crippen LogP contribution in [-0.2, 0) is 6.42 Å². The van der Waals surface area contributed by atoms with Crippen molar-refractivity contribution in [3.8, 4) is 17.3 Å². The van der Waals surface area contributed by atoms with E-state index in [4.69, 9.17) is 5.26 Å². The van der Waals surface area contributed by atoms with Crippen molar-refractivity contribution in [1.82, 2.24) is 4.98 Å². The molecule has 17 heavy (non-hydrogen) atoms. The third kappa shape index (κ3) is 2.22. The first kappa shape index (κ1) is 10.5. The lowest BCUT2D eigenvalue weighted by Crippen LogP contribution is -1.83. The van der Waals surface area contributed by atoms with E-state index in [0.29, 0.717) is 6.42 Å². The molecule has 1 aromatic carbocycles. The maximum absolute atomic E-state index is 8.62. The Kier molecular flexibility index (Phi) is 2.66. The van der Waals surface area contributed by atoms with Crippen LogP contribution in [0.3, 0.4) is 0 Å². The summed E-state index contributed by atoms with van der Waals surface area (Å²) >= 11 is 1.77. The normalized spacial score (nSPS) is 14.5. The second-order valence-corrected chi connectivity index (χ2v) is 5.27. The first-order valence-electron chi connectivity index (χ1n) is 5.78. The summed E-state index contributed by atoms with van der Waals surface area (Å²) in [6, 6.07) is 10.3. The average molecular weight is 240 g/mol. The second-order valence-electron chi connectivity index (χ2n) is 4.38. The number of aromatic nitrogens is 1. The van der Waals surface area contributed by atoms with Gasteiger partial charge in [0.25, 0.3) is 0 Å². The second kappa shape index (κ2) is 4.31. The first-order valence-corrected chi connectivity index (χ1v) is 6.66. The molecule has 0 atom stereocenters. The number of rotatable bonds is 3. The maximum atomic E-state index is 8.62. The molecule has 0 unspecified atom stereocenters. The molecule has 0 radical (unpaired) electrons. The molecule has 3 heteroatoms. The van der Waals surface area contributed by atoms with Crippen LogP contribution in [0.4, 0.5) is 0 Å². The molecule has 0 spiro atoms. The van der Waals surface area contributed by atoms with Gasteiger partial charge in [0.1, 0.15) is 0 Å². The molecule has 2 nitrogen and oxygen atoms in total. The van der Waals surface area contributed by atoms with Crippen molar-refractivity contribution in [2.75, 3.05) is 0 Å². The highest BCUT2D eigenvalue weighted by atomic mass is 32.1. The summed E-state index contributed by atoms with van der Waals surface area (Å²) in [5.74, 6) is 0.728. The Morgan fingerprint density at radius 2 is 2.06 bits per heavy atom. The molecule has 1 heterocycles. The van der Waals surface area contributed by atoms with E-state index in [-0.39, 0.29) is 0 Å². The standard InChI is InChI=1S/C14H12N2S/c15-8-7-10-1-3-11(4-2-10)13-9-17-14(16-13)12-5-6-12/h1-4,9,12H,5-7H2. The SMILES string of the molecule is N#CCc1ccc(-c2csc(C3CC3)n2)cc1. The Morgan fingerprint density at radius 3 is 2.71 bits per heavy atom. The number of nitriles is 1. The lowest BCUT2D eigenvalue weighted by molar-refractivity contribution is 1.08. The van der Waals surface area contributed by atoms with Crippen LogP contribution in [0.1, 0.15) is 29.3 Å². The van der Waals surface area contributed by atoms with Crippen molar-refractivity contribution < 1.29 is 0 Å². The van der Waals surface area contributed by atoms with E-state index in [1.54, 1.807) is 11.3 Å². The van der Waals surface area contributed by atoms with E-state index in [9.17, 15) is 0 Å². The van der Waals surface area contributed by atoms with Crippen LogP contribution in [0.15, 0.2) is 29.6 Å². The van der Waals surface area contributed by atoms with Crippen molar-refractivity contribution >= 4 is 11.3 Å². The fourth-order valence-electron chi connectivity index (χ4n) is 1.82. The van der Waals surface area contributed by atoms with Gasteiger partial charge in [-0.1, -0.05) is 24.3 Å². The minimum Gasteiger partial charge on any atom is -0.241 e. The van der Waals surface area contributed by atoms with Gasteiger partial charge in [0, 0.05) is 16.9 Å². The summed E-state index contributed by atoms with van der Waals surface area (Å²) in [7, 11) is 0. The van der Waals surface area contributed by atoms with E-state index in [0.717, 1.165) is 22.7 Å². The Hall–Kier alpha value is -1.66. The van der Waals surface area contributed by atoms with E-state index < -0.39 is 0 Å². The third-order valence-electron chi connectivity index (χ3n) is 2.98. The first-order chi connectivity index (χ1) is 8.36. The molecule has 1 fully saturated rings. The van der Waals surface area contributed by atoms with Gasteiger partial charge >= 0.3 is 0 Å². The predicted octanol–water partition coefficient (Wildman–Crippen LogP) is 3.75. The Balaban J connectivity index is 1.84. The number of hydrogen-bond acceptors (Lipinski definition) is 3. The molecule has 0 saturated heterocycles. The summed E-state index contributed by atoms with van der Waals surface area (Å²) in [6.07, 6.45) is 3.08. The summed E-state index contributed by atoms with van der Waals surface area (Å²) in [5.41, 5.74) is 3.28. The van der Waals surface area contributed by atoms with Gasteiger partial charge in [-0.25, -0.2) is 4.98 Å². The molecule has 2 aromatic rings. The van der Waals surface area contributed by atoms with Crippen LogP contribution in [0.2, 0.25) is 0 Å². The molecule has 0 amide bonds. The zero-order chi connectivity index (χ0) is 11.7. The molecule has 1 saturated carbocycles. The zero-order valence-electron chi connectivity index (χ0n) is 9.39. The van der Waals surface area contributed by atoms with Crippen molar-refractivity contribution in [3.05, 3.63) is 40.2 Å². The van der Waals surface area contributed by atoms with Gasteiger partial charge in [-0.2, -0.15) is 5.26 Å². The van der Waals surface area contributed by atoms with E-state index in [1.807, 2.05) is 12.1 Å². The van der Waals surface area contributed by atoms with Crippen molar-refractivity contribution in [1.29, 1.82) is 5.26 Å². The molecule has 0 bridgehead atoms. The molecule has 3 rings (SSSR count). The van der Waals surface area contributed by atoms with Crippen LogP contribution < -0.4 is 0 Å². The van der Waals surface area contributed by atoms with Crippen molar-refractivity contribution in [2.24, 2.45) is 0 Å². The lowest BCUT2D eigenvalue weighted by atomic mass is 10.1. The molecular formula is C14H12N2S. The molecule has 1 aliphatic carbocycles. The number of thiazole rings is 1. The summed E-state index contributed by atoms with van der Waals surface area (Å²) < 4.78 is 0. The monoisotopic (exact) mass is 240 g/mol. The zero-order valence-corrected chi connectivity index (χ0v) is 10.2. The van der Waals surface area contributed by atoms with E-state index in [2.05, 4.69) is 28.6 Å². The minimum atomic E-state index is 0.477. The molecular weight excluding hydrogens is 228 g/mol. The van der Waals surface area contributed by atoms with Crippen LogP contribution in [-0.4, -0.2) is 4.98 Å². The quantitative estimate of drug-likeness (QED) is 0.819. The van der Waals surface area contributed by atoms with Gasteiger partial charge in [-0.05, 0) is 18.4 Å². The fourth-order valence-corrected chi connectivity index (χ4v) is 2.82. The Bertz CT molecular complexity index is 559. The van der Waals surface area contributed by atoms with Gasteiger partial charge < -0.3 is 0 Å². The largest absolute Gasteiger partial charge is 0.241 e. The number of nitrogens with zero attached hydrogens (tertiary/aromatic N) is 2. The minimum absolute atomic E-state index is 0.477. The Morgan fingerprint density at radius 1 is 1.29 bits per heavy atom. The topological polar surface area (TPSA) is 36.7 Å². The van der Waals surface area contributed by atoms with Gasteiger partial charge in [0.05, 0.1) is 23.2 Å². The number of hydrogen-bond donors (Lipinski definition) is 0. The maximum Gasteiger partial charge on any atom is 0.0963 e. The van der Waals surface area contributed by atoms with Crippen LogP contribution >= 0.6 is 11.3 Å². The van der Waals surface area contributed by atoms with Gasteiger partial charge in [-0.15, -0.1) is 11.3 Å². The molecule has 0 N–H and O–H groups in total. The van der Waals surface area contributed by atoms with Crippen molar-refractivity contribution in [2.45, 2.75) is 25.2 Å². The molecule has 1 aromatic heterocycles. The highest BCUT2D eigenvalue weighted by Crippen LogP contribution is 2.42. The average Bonchev–Trinajstić information content (AvgIpc) is 3.09. The van der Waals surface area contributed by atoms with Gasteiger partial charge in [0.2, 0.25) is 0 Å². The summed E-state index contributed by atoms with van der Waals surface area (Å²) in [4.78, 5) is 4.67. The smallest absolute Gasteiger partial charge is 0.0963 e. The summed E-state index contributed by atoms with van der Waals surface area (Å²) in [5, 5.41) is 12.0. The van der Waals surface area contributed by atoms with Crippen LogP contribution in [0, 0.1) is 11.3 Å². The van der Waals surface area contributed by atoms with Gasteiger partial charge in [0.15, 0.2) is 0 Å². The fraction of sp³-hybridized carbons (Fsp3) is 0.286. The van der Waals surface area contributed by atoms with Crippen molar-refractivity contribution in [3.63, 3.8) is 0 Å². The summed E-state index contributed by atoms with van der Waals surface area (Å²) in [6.45, 7) is 0. The highest BCUT2D eigenvalue weighted by molar-refractivity contribution is 7.10. The van der Waals surface area contributed by atoms with Gasteiger partial charge in [-0.3, -0.25) is 0 Å². The number of benzene rings is 1. The van der Waals surface area contributed by atoms with E-state index in [1.165, 1.54) is 17.8 Å².